The van der Waals surface area contributed by atoms with Gasteiger partial charge in [-0.3, -0.25) is 0 Å². The molecule has 0 aliphatic carbocycles. The highest BCUT2D eigenvalue weighted by Gasteiger charge is 2.16. The quantitative estimate of drug-likeness (QED) is 0.559. The van der Waals surface area contributed by atoms with Crippen molar-refractivity contribution in [2.45, 2.75) is 6.92 Å². The van der Waals surface area contributed by atoms with Gasteiger partial charge in [0.15, 0.2) is 0 Å². The van der Waals surface area contributed by atoms with Gasteiger partial charge in [0.05, 0.1) is 29.8 Å². The molecule has 0 bridgehead atoms. The Kier molecular flexibility index (Phi) is 3.27. The fraction of sp³-hybridized carbons (Fsp3) is 0.105. The molecule has 0 radical (unpaired) electrons. The van der Waals surface area contributed by atoms with E-state index >= 15 is 0 Å². The van der Waals surface area contributed by atoms with Crippen LogP contribution in [0, 0.1) is 6.92 Å². The summed E-state index contributed by atoms with van der Waals surface area (Å²) in [6.45, 7) is 2.02. The summed E-state index contributed by atoms with van der Waals surface area (Å²) in [7, 11) is 1.59. The number of rotatable bonds is 3. The minimum Gasteiger partial charge on any atom is -0.495 e. The van der Waals surface area contributed by atoms with Crippen molar-refractivity contribution in [1.82, 2.24) is 0 Å². The highest BCUT2D eigenvalue weighted by Crippen LogP contribution is 2.39. The second-order valence-corrected chi connectivity index (χ2v) is 5.59. The maximum absolute atomic E-state index is 11.9. The Morgan fingerprint density at radius 1 is 1.04 bits per heavy atom. The molecule has 0 amide bonds. The minimum absolute atomic E-state index is 0.413. The molecular weight excluding hydrogens is 306 g/mol. The molecule has 120 valence electrons. The molecule has 0 saturated heterocycles. The second-order valence-electron chi connectivity index (χ2n) is 5.59. The lowest BCUT2D eigenvalue weighted by Crippen LogP contribution is -2.02. The molecule has 2 heterocycles. The van der Waals surface area contributed by atoms with Gasteiger partial charge in [0, 0.05) is 17.8 Å². The number of benzene rings is 2. The highest BCUT2D eigenvalue weighted by atomic mass is 16.5. The Balaban J connectivity index is 1.99. The van der Waals surface area contributed by atoms with E-state index in [1.807, 2.05) is 37.3 Å². The van der Waals surface area contributed by atoms with Crippen molar-refractivity contribution >= 4 is 33.3 Å². The summed E-state index contributed by atoms with van der Waals surface area (Å²) in [5.74, 6) is 0.606. The van der Waals surface area contributed by atoms with Crippen molar-refractivity contribution < 1.29 is 13.6 Å². The summed E-state index contributed by atoms with van der Waals surface area (Å²) in [6.07, 6.45) is 1.58. The van der Waals surface area contributed by atoms with Crippen LogP contribution < -0.4 is 15.7 Å². The van der Waals surface area contributed by atoms with E-state index in [1.54, 1.807) is 19.4 Å². The summed E-state index contributed by atoms with van der Waals surface area (Å²) in [5.41, 5.74) is 3.25. The zero-order chi connectivity index (χ0) is 16.7. The molecular formula is C19H15NO4. The predicted octanol–water partition coefficient (Wildman–Crippen LogP) is 4.60. The lowest BCUT2D eigenvalue weighted by atomic mass is 10.1. The first-order valence-corrected chi connectivity index (χ1v) is 7.51. The second kappa shape index (κ2) is 5.45. The van der Waals surface area contributed by atoms with Gasteiger partial charge in [-0.1, -0.05) is 17.7 Å². The lowest BCUT2D eigenvalue weighted by molar-refractivity contribution is 0.423. The Hall–Kier alpha value is -3.21. The standard InChI is InChI=1S/C19H15NO4/c1-11-3-5-12(6-4-11)20-14-9-17(21)24-16-10-15-13(7-8-23-15)19(22-2)18(14)16/h3-10,20H,1-2H3. The van der Waals surface area contributed by atoms with Gasteiger partial charge in [0.25, 0.3) is 0 Å². The largest absolute Gasteiger partial charge is 0.495 e. The van der Waals surface area contributed by atoms with Crippen molar-refractivity contribution in [3.05, 3.63) is 64.7 Å². The minimum atomic E-state index is -0.440. The maximum atomic E-state index is 11.9. The van der Waals surface area contributed by atoms with E-state index in [2.05, 4.69) is 5.32 Å². The van der Waals surface area contributed by atoms with Crippen molar-refractivity contribution in [3.8, 4) is 5.75 Å². The Labute approximate surface area is 137 Å². The first kappa shape index (κ1) is 14.4. The van der Waals surface area contributed by atoms with E-state index < -0.39 is 5.63 Å². The fourth-order valence-electron chi connectivity index (χ4n) is 2.82. The van der Waals surface area contributed by atoms with Crippen molar-refractivity contribution in [3.63, 3.8) is 0 Å². The molecule has 5 nitrogen and oxygen atoms in total. The SMILES string of the molecule is COc1c2ccoc2cc2oc(=O)cc(Nc3ccc(C)cc3)c12. The molecule has 1 N–H and O–H groups in total. The molecule has 0 aliphatic rings. The fourth-order valence-corrected chi connectivity index (χ4v) is 2.82. The molecule has 2 aromatic carbocycles. The summed E-state index contributed by atoms with van der Waals surface area (Å²) in [6, 6.07) is 12.9. The van der Waals surface area contributed by atoms with Crippen LogP contribution in [-0.4, -0.2) is 7.11 Å². The normalized spacial score (nSPS) is 11.1. The van der Waals surface area contributed by atoms with E-state index in [0.717, 1.165) is 16.6 Å². The highest BCUT2D eigenvalue weighted by molar-refractivity contribution is 6.07. The third-order valence-corrected chi connectivity index (χ3v) is 3.95. The smallest absolute Gasteiger partial charge is 0.338 e. The van der Waals surface area contributed by atoms with Crippen LogP contribution in [0.4, 0.5) is 11.4 Å². The van der Waals surface area contributed by atoms with E-state index in [4.69, 9.17) is 13.6 Å². The Morgan fingerprint density at radius 3 is 2.58 bits per heavy atom. The first-order chi connectivity index (χ1) is 11.7. The number of fused-ring (bicyclic) bond motifs is 2. The zero-order valence-corrected chi connectivity index (χ0v) is 13.3. The molecule has 4 rings (SSSR count). The van der Waals surface area contributed by atoms with Crippen LogP contribution in [0.1, 0.15) is 5.56 Å². The van der Waals surface area contributed by atoms with Crippen LogP contribution in [0.25, 0.3) is 21.9 Å². The topological polar surface area (TPSA) is 64.6 Å². The molecule has 4 aromatic rings. The predicted molar refractivity (Wildman–Crippen MR) is 93.3 cm³/mol. The molecule has 0 saturated carbocycles. The number of ether oxygens (including phenoxy) is 1. The first-order valence-electron chi connectivity index (χ1n) is 7.51. The van der Waals surface area contributed by atoms with E-state index in [1.165, 1.54) is 6.07 Å². The van der Waals surface area contributed by atoms with Gasteiger partial charge in [-0.2, -0.15) is 0 Å². The monoisotopic (exact) mass is 321 g/mol. The average molecular weight is 321 g/mol. The van der Waals surface area contributed by atoms with Crippen LogP contribution in [0.3, 0.4) is 0 Å². The van der Waals surface area contributed by atoms with Crippen LogP contribution in [0.2, 0.25) is 0 Å². The van der Waals surface area contributed by atoms with Gasteiger partial charge in [-0.15, -0.1) is 0 Å². The Bertz CT molecular complexity index is 1090. The van der Waals surface area contributed by atoms with E-state index in [0.29, 0.717) is 28.0 Å². The van der Waals surface area contributed by atoms with Gasteiger partial charge in [-0.25, -0.2) is 4.79 Å². The van der Waals surface area contributed by atoms with Crippen molar-refractivity contribution in [2.24, 2.45) is 0 Å². The number of methoxy groups -OCH3 is 1. The number of hydrogen-bond donors (Lipinski definition) is 1. The summed E-state index contributed by atoms with van der Waals surface area (Å²) < 4.78 is 16.3. The van der Waals surface area contributed by atoms with E-state index in [-0.39, 0.29) is 0 Å². The van der Waals surface area contributed by atoms with E-state index in [9.17, 15) is 4.79 Å². The molecule has 0 fully saturated rings. The number of nitrogens with one attached hydrogen (secondary N) is 1. The molecule has 2 aromatic heterocycles. The van der Waals surface area contributed by atoms with Gasteiger partial charge in [-0.05, 0) is 25.1 Å². The van der Waals surface area contributed by atoms with Crippen molar-refractivity contribution in [2.75, 3.05) is 12.4 Å². The Morgan fingerprint density at radius 2 is 1.83 bits per heavy atom. The van der Waals surface area contributed by atoms with Crippen LogP contribution in [0.15, 0.2) is 62.4 Å². The molecule has 0 atom stereocenters. The average Bonchev–Trinajstić information content (AvgIpc) is 3.02. The van der Waals surface area contributed by atoms with Gasteiger partial charge in [0.2, 0.25) is 0 Å². The number of anilines is 2. The summed E-state index contributed by atoms with van der Waals surface area (Å²) >= 11 is 0. The summed E-state index contributed by atoms with van der Waals surface area (Å²) in [4.78, 5) is 11.9. The van der Waals surface area contributed by atoms with Gasteiger partial charge >= 0.3 is 5.63 Å². The maximum Gasteiger partial charge on any atom is 0.338 e. The summed E-state index contributed by atoms with van der Waals surface area (Å²) in [5, 5.41) is 4.80. The molecule has 5 heteroatoms. The van der Waals surface area contributed by atoms with Gasteiger partial charge in [0.1, 0.15) is 16.9 Å². The van der Waals surface area contributed by atoms with Crippen LogP contribution in [-0.2, 0) is 0 Å². The molecule has 0 unspecified atom stereocenters. The molecule has 0 spiro atoms. The van der Waals surface area contributed by atoms with Gasteiger partial charge < -0.3 is 18.9 Å². The number of hydrogen-bond acceptors (Lipinski definition) is 5. The molecule has 0 aliphatic heterocycles. The van der Waals surface area contributed by atoms with Crippen molar-refractivity contribution in [1.29, 1.82) is 0 Å². The lowest BCUT2D eigenvalue weighted by Gasteiger charge is -2.12. The molecule has 24 heavy (non-hydrogen) atoms. The third kappa shape index (κ3) is 2.31. The number of aryl methyl sites for hydroxylation is 1. The zero-order valence-electron chi connectivity index (χ0n) is 13.3. The van der Waals surface area contributed by atoms with Crippen LogP contribution >= 0.6 is 0 Å². The van der Waals surface area contributed by atoms with Crippen LogP contribution in [0.5, 0.6) is 5.75 Å². The number of furan rings is 1. The third-order valence-electron chi connectivity index (χ3n) is 3.95.